The van der Waals surface area contributed by atoms with Gasteiger partial charge in [-0.05, 0) is 0 Å². The Morgan fingerprint density at radius 3 is 3.50 bits per heavy atom. The highest BCUT2D eigenvalue weighted by atomic mass is 15.7. The average molecular weight is 136 g/mol. The first-order valence-electron chi connectivity index (χ1n) is 3.41. The minimum absolute atomic E-state index is 1.04. The summed E-state index contributed by atoms with van der Waals surface area (Å²) in [7, 11) is 0. The minimum Gasteiger partial charge on any atom is -0.223 e. The largest absolute Gasteiger partial charge is 0.232 e. The van der Waals surface area contributed by atoms with Crippen LogP contribution in [0.1, 0.15) is 6.42 Å². The highest BCUT2D eigenvalue weighted by Crippen LogP contribution is 1.98. The van der Waals surface area contributed by atoms with Crippen LogP contribution in [0.3, 0.4) is 0 Å². The predicted molar refractivity (Wildman–Crippen MR) is 39.1 cm³/mol. The number of nitrogens with zero attached hydrogens (tertiary/aromatic N) is 2. The molecule has 2 rings (SSSR count). The second kappa shape index (κ2) is 1.95. The monoisotopic (exact) mass is 136 g/mol. The Morgan fingerprint density at radius 1 is 1.80 bits per heavy atom. The Bertz CT molecular complexity index is 217. The first kappa shape index (κ1) is 5.68. The van der Waals surface area contributed by atoms with Gasteiger partial charge in [-0.15, -0.1) is 0 Å². The molecule has 1 saturated heterocycles. The van der Waals surface area contributed by atoms with Crippen LogP contribution in [0, 0.1) is 0 Å². The summed E-state index contributed by atoms with van der Waals surface area (Å²) in [6.45, 7) is 4.76. The molecule has 0 aromatic carbocycles. The molecule has 1 fully saturated rings. The molecule has 0 amide bonds. The minimum atomic E-state index is 1.04. The van der Waals surface area contributed by atoms with Crippen molar-refractivity contribution in [2.45, 2.75) is 6.42 Å². The van der Waals surface area contributed by atoms with Gasteiger partial charge in [0.2, 0.25) is 5.84 Å². The van der Waals surface area contributed by atoms with Crippen LogP contribution in [0.2, 0.25) is 0 Å². The Kier molecular flexibility index (Phi) is 1.11. The summed E-state index contributed by atoms with van der Waals surface area (Å²) in [5.74, 6) is 1.21. The predicted octanol–water partition coefficient (Wildman–Crippen LogP) is -0.481. The van der Waals surface area contributed by atoms with E-state index in [4.69, 9.17) is 0 Å². The van der Waals surface area contributed by atoms with Gasteiger partial charge in [-0.25, -0.2) is 10.0 Å². The maximum Gasteiger partial charge on any atom is 0.232 e. The molecule has 52 valence electrons. The fraction of sp³-hybridized carbons (Fsp3) is 0.286. The van der Waals surface area contributed by atoms with E-state index in [0.717, 1.165) is 13.0 Å². The summed E-state index contributed by atoms with van der Waals surface area (Å²) in [4.78, 5) is 4.21. The molecule has 1 N–H and O–H groups in total. The second-order valence-corrected chi connectivity index (χ2v) is 2.40. The molecule has 0 aromatic heterocycles. The third kappa shape index (κ3) is 0.609. The average Bonchev–Trinajstić information content (AvgIpc) is 2.44. The molecule has 0 aliphatic carbocycles. The maximum atomic E-state index is 4.21. The van der Waals surface area contributed by atoms with Crippen molar-refractivity contribution in [3.05, 3.63) is 25.2 Å². The van der Waals surface area contributed by atoms with E-state index < -0.39 is 0 Å². The lowest BCUT2D eigenvalue weighted by Crippen LogP contribution is -3.12. The smallest absolute Gasteiger partial charge is 0.223 e. The maximum absolute atomic E-state index is 4.21. The van der Waals surface area contributed by atoms with Crippen LogP contribution < -0.4 is 5.01 Å². The van der Waals surface area contributed by atoms with Crippen molar-refractivity contribution in [1.82, 2.24) is 5.01 Å². The van der Waals surface area contributed by atoms with E-state index in [9.17, 15) is 0 Å². The van der Waals surface area contributed by atoms with E-state index in [1.807, 2.05) is 18.6 Å². The van der Waals surface area contributed by atoms with E-state index in [2.05, 4.69) is 16.6 Å². The summed E-state index contributed by atoms with van der Waals surface area (Å²) >= 11 is 0. The number of quaternary nitrogens is 1. The molecule has 2 aliphatic rings. The van der Waals surface area contributed by atoms with Crippen LogP contribution in [-0.2, 0) is 0 Å². The fourth-order valence-electron chi connectivity index (χ4n) is 1.35. The van der Waals surface area contributed by atoms with Crippen molar-refractivity contribution in [2.24, 2.45) is 4.99 Å². The van der Waals surface area contributed by atoms with Gasteiger partial charge in [0, 0.05) is 6.20 Å². The Hall–Kier alpha value is -1.09. The van der Waals surface area contributed by atoms with Gasteiger partial charge in [-0.2, -0.15) is 5.01 Å². The molecule has 3 heteroatoms. The normalized spacial score (nSPS) is 28.6. The number of rotatable bonds is 1. The van der Waals surface area contributed by atoms with Crippen molar-refractivity contribution in [2.75, 3.05) is 6.54 Å². The second-order valence-electron chi connectivity index (χ2n) is 2.40. The Morgan fingerprint density at radius 2 is 2.70 bits per heavy atom. The van der Waals surface area contributed by atoms with Gasteiger partial charge in [0.25, 0.3) is 0 Å². The van der Waals surface area contributed by atoms with E-state index in [-0.39, 0.29) is 0 Å². The van der Waals surface area contributed by atoms with Crippen LogP contribution in [-0.4, -0.2) is 17.4 Å². The zero-order valence-electron chi connectivity index (χ0n) is 5.75. The van der Waals surface area contributed by atoms with Gasteiger partial charge >= 0.3 is 0 Å². The van der Waals surface area contributed by atoms with Gasteiger partial charge < -0.3 is 0 Å². The lowest BCUT2D eigenvalue weighted by atomic mass is 10.4. The van der Waals surface area contributed by atoms with Crippen molar-refractivity contribution in [1.29, 1.82) is 0 Å². The Balaban J connectivity index is 2.24. The lowest BCUT2D eigenvalue weighted by Gasteiger charge is -2.14. The number of fused-ring (bicyclic) bond motifs is 1. The van der Waals surface area contributed by atoms with Gasteiger partial charge in [0.1, 0.15) is 6.20 Å². The first-order chi connectivity index (χ1) is 4.92. The molecule has 3 nitrogen and oxygen atoms in total. The molecule has 10 heavy (non-hydrogen) atoms. The molecule has 0 spiro atoms. The van der Waals surface area contributed by atoms with E-state index in [1.165, 1.54) is 10.8 Å². The standard InChI is InChI=1S/C7H9N3/c1-2-9-5-3-7-8-4-6-10(7)9/h2,4,6H,1,3,5H2/p+1. The molecule has 1 unspecified atom stereocenters. The number of aliphatic imine (C=N–C) groups is 1. The van der Waals surface area contributed by atoms with Gasteiger partial charge in [0.15, 0.2) is 0 Å². The van der Waals surface area contributed by atoms with Crippen LogP contribution in [0.5, 0.6) is 0 Å². The van der Waals surface area contributed by atoms with E-state index >= 15 is 0 Å². The third-order valence-corrected chi connectivity index (χ3v) is 1.88. The number of hydrogen-bond acceptors (Lipinski definition) is 2. The van der Waals surface area contributed by atoms with Crippen molar-refractivity contribution in [3.63, 3.8) is 0 Å². The van der Waals surface area contributed by atoms with Crippen LogP contribution >= 0.6 is 0 Å². The third-order valence-electron chi connectivity index (χ3n) is 1.88. The first-order valence-corrected chi connectivity index (χ1v) is 3.41. The van der Waals surface area contributed by atoms with Crippen LogP contribution in [0.15, 0.2) is 30.2 Å². The molecule has 0 radical (unpaired) electrons. The highest BCUT2D eigenvalue weighted by molar-refractivity contribution is 5.77. The number of hydrogen-bond donors (Lipinski definition) is 1. The molecule has 2 heterocycles. The zero-order chi connectivity index (χ0) is 6.97. The summed E-state index contributed by atoms with van der Waals surface area (Å²) in [5, 5.41) is 3.36. The van der Waals surface area contributed by atoms with Crippen molar-refractivity contribution >= 4 is 5.84 Å². The van der Waals surface area contributed by atoms with Crippen molar-refractivity contribution < 1.29 is 5.01 Å². The molecule has 0 bridgehead atoms. The number of amidine groups is 1. The van der Waals surface area contributed by atoms with E-state index in [1.54, 1.807) is 0 Å². The SMILES string of the molecule is C=CN1CCC2=NC=C[NH+]21. The summed E-state index contributed by atoms with van der Waals surface area (Å²) in [6.07, 6.45) is 6.80. The molecule has 2 aliphatic heterocycles. The molecular formula is C7H10N3+. The van der Waals surface area contributed by atoms with Crippen molar-refractivity contribution in [3.8, 4) is 0 Å². The summed E-state index contributed by atoms with van der Waals surface area (Å²) < 4.78 is 0. The van der Waals surface area contributed by atoms with Crippen LogP contribution in [0.25, 0.3) is 0 Å². The summed E-state index contributed by atoms with van der Waals surface area (Å²) in [5.41, 5.74) is 0. The van der Waals surface area contributed by atoms with E-state index in [0.29, 0.717) is 0 Å². The van der Waals surface area contributed by atoms with Gasteiger partial charge in [-0.1, -0.05) is 6.58 Å². The van der Waals surface area contributed by atoms with Gasteiger partial charge in [0.05, 0.1) is 19.2 Å². The molecular weight excluding hydrogens is 126 g/mol. The lowest BCUT2D eigenvalue weighted by molar-refractivity contribution is -0.864. The number of nitrogens with one attached hydrogen (secondary N) is 1. The highest BCUT2D eigenvalue weighted by Gasteiger charge is 2.31. The molecule has 1 atom stereocenters. The quantitative estimate of drug-likeness (QED) is 0.516. The molecule has 0 aromatic rings. The van der Waals surface area contributed by atoms with Crippen LogP contribution in [0.4, 0.5) is 0 Å². The van der Waals surface area contributed by atoms with Gasteiger partial charge in [-0.3, -0.25) is 0 Å². The zero-order valence-corrected chi connectivity index (χ0v) is 5.75. The molecule has 0 saturated carbocycles. The summed E-state index contributed by atoms with van der Waals surface area (Å²) in [6, 6.07) is 0. The Labute approximate surface area is 59.9 Å². The topological polar surface area (TPSA) is 20.0 Å². The fourth-order valence-corrected chi connectivity index (χ4v) is 1.35.